The van der Waals surface area contributed by atoms with Gasteiger partial charge in [0.1, 0.15) is 17.7 Å². The van der Waals surface area contributed by atoms with Crippen LogP contribution in [0.25, 0.3) is 28.1 Å². The molecular formula is C22H17NO5. The molecule has 0 fully saturated rings. The maximum atomic E-state index is 12.0. The molecule has 4 aromatic rings. The second-order valence-electron chi connectivity index (χ2n) is 6.24. The number of hydrogen-bond acceptors (Lipinski definition) is 6. The van der Waals surface area contributed by atoms with Crippen molar-refractivity contribution in [3.8, 4) is 0 Å². The van der Waals surface area contributed by atoms with Crippen molar-refractivity contribution in [2.75, 3.05) is 0 Å². The van der Waals surface area contributed by atoms with Gasteiger partial charge in [-0.3, -0.25) is 0 Å². The van der Waals surface area contributed by atoms with Crippen LogP contribution < -0.4 is 5.63 Å². The third kappa shape index (κ3) is 3.71. The molecule has 2 aromatic heterocycles. The highest BCUT2D eigenvalue weighted by Gasteiger charge is 2.09. The number of nitrogens with zero attached hydrogens (tertiary/aromatic N) is 1. The lowest BCUT2D eigenvalue weighted by atomic mass is 10.1. The van der Waals surface area contributed by atoms with Gasteiger partial charge in [-0.15, -0.1) is 0 Å². The molecular weight excluding hydrogens is 358 g/mol. The summed E-state index contributed by atoms with van der Waals surface area (Å²) in [6, 6.07) is 14.3. The molecule has 0 N–H and O–H groups in total. The van der Waals surface area contributed by atoms with Crippen molar-refractivity contribution in [3.05, 3.63) is 82.0 Å². The maximum Gasteiger partial charge on any atom is 0.336 e. The smallest absolute Gasteiger partial charge is 0.336 e. The first kappa shape index (κ1) is 17.7. The minimum Gasteiger partial charge on any atom is -0.458 e. The Bertz CT molecular complexity index is 1220. The van der Waals surface area contributed by atoms with Gasteiger partial charge in [0.25, 0.3) is 0 Å². The Kier molecular flexibility index (Phi) is 4.76. The van der Waals surface area contributed by atoms with Crippen LogP contribution in [-0.4, -0.2) is 11.0 Å². The van der Waals surface area contributed by atoms with E-state index >= 15 is 0 Å². The lowest BCUT2D eigenvalue weighted by Gasteiger charge is -2.06. The topological polar surface area (TPSA) is 82.5 Å². The molecule has 0 aliphatic rings. The van der Waals surface area contributed by atoms with Gasteiger partial charge in [0.15, 0.2) is 5.58 Å². The zero-order valence-corrected chi connectivity index (χ0v) is 15.2. The number of carbonyl (C=O) groups is 1. The van der Waals surface area contributed by atoms with Gasteiger partial charge in [-0.25, -0.2) is 14.6 Å². The van der Waals surface area contributed by atoms with Gasteiger partial charge in [0.2, 0.25) is 5.89 Å². The number of esters is 1. The van der Waals surface area contributed by atoms with E-state index in [2.05, 4.69) is 4.98 Å². The van der Waals surface area contributed by atoms with Crippen LogP contribution in [0.1, 0.15) is 23.9 Å². The first-order valence-corrected chi connectivity index (χ1v) is 8.88. The molecule has 6 nitrogen and oxygen atoms in total. The summed E-state index contributed by atoms with van der Waals surface area (Å²) >= 11 is 0. The molecule has 0 radical (unpaired) electrons. The highest BCUT2D eigenvalue weighted by molar-refractivity contribution is 5.87. The number of oxazole rings is 1. The average molecular weight is 375 g/mol. The Labute approximate surface area is 160 Å². The van der Waals surface area contributed by atoms with E-state index < -0.39 is 11.6 Å². The Morgan fingerprint density at radius 1 is 1.11 bits per heavy atom. The van der Waals surface area contributed by atoms with E-state index in [1.165, 1.54) is 18.2 Å². The summed E-state index contributed by atoms with van der Waals surface area (Å²) in [7, 11) is 0. The minimum atomic E-state index is -0.561. The molecule has 0 atom stereocenters. The van der Waals surface area contributed by atoms with Crippen LogP contribution in [-0.2, 0) is 22.6 Å². The number of aryl methyl sites for hydroxylation is 1. The summed E-state index contributed by atoms with van der Waals surface area (Å²) in [6.07, 6.45) is 3.53. The molecule has 6 heteroatoms. The molecule has 2 heterocycles. The lowest BCUT2D eigenvalue weighted by Crippen LogP contribution is -2.05. The van der Waals surface area contributed by atoms with Gasteiger partial charge in [0, 0.05) is 29.2 Å². The fourth-order valence-corrected chi connectivity index (χ4v) is 2.91. The highest BCUT2D eigenvalue weighted by atomic mass is 16.5. The summed E-state index contributed by atoms with van der Waals surface area (Å²) in [5.74, 6) is -0.245. The van der Waals surface area contributed by atoms with Crippen molar-refractivity contribution in [1.82, 2.24) is 4.98 Å². The summed E-state index contributed by atoms with van der Waals surface area (Å²) in [5, 5.41) is 0.743. The van der Waals surface area contributed by atoms with Crippen LogP contribution in [0.2, 0.25) is 0 Å². The molecule has 28 heavy (non-hydrogen) atoms. The van der Waals surface area contributed by atoms with E-state index in [9.17, 15) is 9.59 Å². The number of ether oxygens (including phenoxy) is 1. The quantitative estimate of drug-likeness (QED) is 0.295. The molecule has 0 aliphatic carbocycles. The molecule has 0 amide bonds. The van der Waals surface area contributed by atoms with Crippen LogP contribution >= 0.6 is 0 Å². The second-order valence-corrected chi connectivity index (χ2v) is 6.24. The van der Waals surface area contributed by atoms with Crippen molar-refractivity contribution in [2.24, 2.45) is 0 Å². The molecule has 0 spiro atoms. The predicted octanol–water partition coefficient (Wildman–Crippen LogP) is 4.25. The van der Waals surface area contributed by atoms with Gasteiger partial charge in [-0.05, 0) is 30.2 Å². The molecule has 2 aromatic carbocycles. The maximum absolute atomic E-state index is 12.0. The number of hydrogen-bond donors (Lipinski definition) is 0. The molecule has 0 saturated heterocycles. The summed E-state index contributed by atoms with van der Waals surface area (Å²) < 4.78 is 16.0. The molecule has 0 unspecified atom stereocenters. The molecule has 140 valence electrons. The van der Waals surface area contributed by atoms with Crippen LogP contribution in [0.3, 0.4) is 0 Å². The Morgan fingerprint density at radius 2 is 1.96 bits per heavy atom. The normalized spacial score (nSPS) is 11.5. The van der Waals surface area contributed by atoms with Gasteiger partial charge >= 0.3 is 11.6 Å². The fraction of sp³-hybridized carbons (Fsp3) is 0.136. The zero-order valence-electron chi connectivity index (χ0n) is 15.2. The van der Waals surface area contributed by atoms with Crippen molar-refractivity contribution in [2.45, 2.75) is 20.0 Å². The number of aromatic nitrogens is 1. The van der Waals surface area contributed by atoms with E-state index in [4.69, 9.17) is 13.6 Å². The van der Waals surface area contributed by atoms with Crippen molar-refractivity contribution >= 4 is 34.1 Å². The van der Waals surface area contributed by atoms with Crippen LogP contribution in [0.4, 0.5) is 0 Å². The predicted molar refractivity (Wildman–Crippen MR) is 105 cm³/mol. The number of rotatable bonds is 5. The van der Waals surface area contributed by atoms with Gasteiger partial charge in [0.05, 0.1) is 0 Å². The van der Waals surface area contributed by atoms with E-state index in [-0.39, 0.29) is 6.61 Å². The molecule has 0 bridgehead atoms. The van der Waals surface area contributed by atoms with Crippen molar-refractivity contribution in [1.29, 1.82) is 0 Å². The van der Waals surface area contributed by atoms with Crippen molar-refractivity contribution < 1.29 is 18.4 Å². The SMILES string of the molecule is CCc1ccc2c(COC(=O)/C=C/c3nc4ccccc4o3)cc(=O)oc2c1. The Balaban J connectivity index is 1.49. The van der Waals surface area contributed by atoms with E-state index in [0.29, 0.717) is 28.1 Å². The summed E-state index contributed by atoms with van der Waals surface area (Å²) in [5.41, 5.74) is 3.02. The zero-order chi connectivity index (χ0) is 19.5. The third-order valence-corrected chi connectivity index (χ3v) is 4.35. The van der Waals surface area contributed by atoms with E-state index in [1.54, 1.807) is 6.07 Å². The van der Waals surface area contributed by atoms with Crippen LogP contribution in [0.5, 0.6) is 0 Å². The van der Waals surface area contributed by atoms with Gasteiger partial charge in [-0.1, -0.05) is 31.2 Å². The van der Waals surface area contributed by atoms with Crippen LogP contribution in [0, 0.1) is 0 Å². The third-order valence-electron chi connectivity index (χ3n) is 4.35. The largest absolute Gasteiger partial charge is 0.458 e. The first-order valence-electron chi connectivity index (χ1n) is 8.88. The summed E-state index contributed by atoms with van der Waals surface area (Å²) in [6.45, 7) is 1.98. The first-order chi connectivity index (χ1) is 13.6. The summed E-state index contributed by atoms with van der Waals surface area (Å²) in [4.78, 5) is 28.1. The highest BCUT2D eigenvalue weighted by Crippen LogP contribution is 2.20. The number of fused-ring (bicyclic) bond motifs is 2. The standard InChI is InChI=1S/C22H17NO5/c1-2-14-7-8-16-15(12-22(25)28-19(16)11-14)13-26-21(24)10-9-20-23-17-5-3-4-6-18(17)27-20/h3-12H,2,13H2,1H3/b10-9+. The van der Waals surface area contributed by atoms with E-state index in [0.717, 1.165) is 17.4 Å². The molecule has 4 rings (SSSR count). The van der Waals surface area contributed by atoms with Crippen molar-refractivity contribution in [3.63, 3.8) is 0 Å². The second kappa shape index (κ2) is 7.52. The Morgan fingerprint density at radius 3 is 2.79 bits per heavy atom. The number of carbonyl (C=O) groups excluding carboxylic acids is 1. The minimum absolute atomic E-state index is 0.0374. The monoisotopic (exact) mass is 375 g/mol. The van der Waals surface area contributed by atoms with Gasteiger partial charge in [-0.2, -0.15) is 0 Å². The average Bonchev–Trinajstić information content (AvgIpc) is 3.12. The van der Waals surface area contributed by atoms with Gasteiger partial charge < -0.3 is 13.6 Å². The van der Waals surface area contributed by atoms with Crippen LogP contribution in [0.15, 0.2) is 68.2 Å². The number of para-hydroxylation sites is 2. The lowest BCUT2D eigenvalue weighted by molar-refractivity contribution is -0.138. The molecule has 0 saturated carbocycles. The Hall–Kier alpha value is -3.67. The fourth-order valence-electron chi connectivity index (χ4n) is 2.91. The van der Waals surface area contributed by atoms with E-state index in [1.807, 2.05) is 43.3 Å². The number of benzene rings is 2. The molecule has 0 aliphatic heterocycles.